The van der Waals surface area contributed by atoms with Crippen molar-refractivity contribution in [2.75, 3.05) is 13.1 Å². The molecule has 2 rings (SSSR count). The topological polar surface area (TPSA) is 38.0 Å². The fourth-order valence-electron chi connectivity index (χ4n) is 2.48. The summed E-state index contributed by atoms with van der Waals surface area (Å²) in [6.07, 6.45) is 8.50. The minimum Gasteiger partial charge on any atom is -0.330 e. The highest BCUT2D eigenvalue weighted by Crippen LogP contribution is 2.31. The Balaban J connectivity index is 1.70. The number of rotatable bonds is 5. The van der Waals surface area contributed by atoms with Crippen molar-refractivity contribution in [2.45, 2.75) is 44.6 Å². The van der Waals surface area contributed by atoms with Crippen LogP contribution in [0.15, 0.2) is 0 Å². The Morgan fingerprint density at radius 1 is 1.15 bits per heavy atom. The number of nitrogens with two attached hydrogens (primary N) is 1. The first-order valence-electron chi connectivity index (χ1n) is 5.83. The maximum Gasteiger partial charge on any atom is 0.00683 e. The Bertz CT molecular complexity index is 148. The van der Waals surface area contributed by atoms with Crippen molar-refractivity contribution in [3.05, 3.63) is 0 Å². The summed E-state index contributed by atoms with van der Waals surface area (Å²) in [5.74, 6) is 1.68. The summed E-state index contributed by atoms with van der Waals surface area (Å²) < 4.78 is 0. The maximum absolute atomic E-state index is 5.82. The molecule has 2 aliphatic rings. The van der Waals surface area contributed by atoms with Crippen LogP contribution in [-0.2, 0) is 0 Å². The molecule has 2 aliphatic carbocycles. The zero-order chi connectivity index (χ0) is 9.10. The Labute approximate surface area is 81.3 Å². The summed E-state index contributed by atoms with van der Waals surface area (Å²) in [5.41, 5.74) is 5.82. The van der Waals surface area contributed by atoms with Gasteiger partial charge >= 0.3 is 0 Å². The molecule has 0 saturated heterocycles. The molecule has 2 saturated carbocycles. The molecule has 3 N–H and O–H groups in total. The Hall–Kier alpha value is -0.0800. The second kappa shape index (κ2) is 4.43. The summed E-state index contributed by atoms with van der Waals surface area (Å²) in [7, 11) is 0. The predicted molar refractivity (Wildman–Crippen MR) is 55.5 cm³/mol. The largest absolute Gasteiger partial charge is 0.330 e. The highest BCUT2D eigenvalue weighted by Gasteiger charge is 2.26. The Kier molecular flexibility index (Phi) is 3.23. The Morgan fingerprint density at radius 2 is 1.85 bits per heavy atom. The smallest absolute Gasteiger partial charge is 0.00683 e. The minimum absolute atomic E-state index is 0.753. The monoisotopic (exact) mass is 182 g/mol. The van der Waals surface area contributed by atoms with Crippen molar-refractivity contribution < 1.29 is 0 Å². The predicted octanol–water partition coefficient (Wildman–Crippen LogP) is 1.50. The summed E-state index contributed by atoms with van der Waals surface area (Å²) in [6.45, 7) is 2.05. The molecule has 13 heavy (non-hydrogen) atoms. The lowest BCUT2D eigenvalue weighted by atomic mass is 9.91. The maximum atomic E-state index is 5.82. The third kappa shape index (κ3) is 2.68. The van der Waals surface area contributed by atoms with E-state index in [1.165, 1.54) is 45.1 Å². The van der Waals surface area contributed by atoms with Crippen LogP contribution in [0.5, 0.6) is 0 Å². The van der Waals surface area contributed by atoms with Gasteiger partial charge in [0.15, 0.2) is 0 Å². The number of hydrogen-bond acceptors (Lipinski definition) is 2. The van der Waals surface area contributed by atoms with E-state index in [-0.39, 0.29) is 0 Å². The van der Waals surface area contributed by atoms with Crippen LogP contribution in [0.1, 0.15) is 38.5 Å². The lowest BCUT2D eigenvalue weighted by molar-refractivity contribution is 0.330. The van der Waals surface area contributed by atoms with E-state index in [4.69, 9.17) is 5.73 Å². The zero-order valence-electron chi connectivity index (χ0n) is 8.47. The van der Waals surface area contributed by atoms with E-state index in [1.54, 1.807) is 0 Å². The standard InChI is InChI=1S/C11H22N2/c12-7-10(8-13-11-5-6-11)9-3-1-2-4-9/h9-11,13H,1-8,12H2. The van der Waals surface area contributed by atoms with Gasteiger partial charge in [0.25, 0.3) is 0 Å². The lowest BCUT2D eigenvalue weighted by Crippen LogP contribution is -2.33. The average molecular weight is 182 g/mol. The second-order valence-electron chi connectivity index (χ2n) is 4.72. The van der Waals surface area contributed by atoms with Gasteiger partial charge in [-0.2, -0.15) is 0 Å². The van der Waals surface area contributed by atoms with E-state index in [9.17, 15) is 0 Å². The van der Waals surface area contributed by atoms with E-state index in [2.05, 4.69) is 5.32 Å². The van der Waals surface area contributed by atoms with Gasteiger partial charge in [-0.05, 0) is 37.8 Å². The van der Waals surface area contributed by atoms with Gasteiger partial charge < -0.3 is 11.1 Å². The second-order valence-corrected chi connectivity index (χ2v) is 4.72. The van der Waals surface area contributed by atoms with Crippen molar-refractivity contribution in [2.24, 2.45) is 17.6 Å². The van der Waals surface area contributed by atoms with Gasteiger partial charge in [-0.3, -0.25) is 0 Å². The van der Waals surface area contributed by atoms with Crippen molar-refractivity contribution in [1.29, 1.82) is 0 Å². The van der Waals surface area contributed by atoms with E-state index in [0.29, 0.717) is 0 Å². The molecule has 0 aliphatic heterocycles. The van der Waals surface area contributed by atoms with E-state index >= 15 is 0 Å². The van der Waals surface area contributed by atoms with Crippen molar-refractivity contribution in [3.8, 4) is 0 Å². The van der Waals surface area contributed by atoms with Crippen LogP contribution in [-0.4, -0.2) is 19.1 Å². The third-order valence-electron chi connectivity index (χ3n) is 3.62. The van der Waals surface area contributed by atoms with Crippen LogP contribution >= 0.6 is 0 Å². The Morgan fingerprint density at radius 3 is 2.38 bits per heavy atom. The molecule has 2 nitrogen and oxygen atoms in total. The van der Waals surface area contributed by atoms with E-state index in [0.717, 1.165) is 24.4 Å². The molecule has 0 heterocycles. The van der Waals surface area contributed by atoms with Crippen LogP contribution in [0.2, 0.25) is 0 Å². The molecule has 0 amide bonds. The van der Waals surface area contributed by atoms with Gasteiger partial charge in [-0.1, -0.05) is 25.7 Å². The van der Waals surface area contributed by atoms with Crippen molar-refractivity contribution in [1.82, 2.24) is 5.32 Å². The third-order valence-corrected chi connectivity index (χ3v) is 3.62. The highest BCUT2D eigenvalue weighted by atomic mass is 14.9. The van der Waals surface area contributed by atoms with Crippen LogP contribution in [0.3, 0.4) is 0 Å². The molecular weight excluding hydrogens is 160 g/mol. The summed E-state index contributed by atoms with van der Waals surface area (Å²) in [5, 5.41) is 3.60. The molecule has 0 aromatic carbocycles. The van der Waals surface area contributed by atoms with Crippen LogP contribution < -0.4 is 11.1 Å². The molecule has 0 bridgehead atoms. The summed E-state index contributed by atoms with van der Waals surface area (Å²) in [6, 6.07) is 0.843. The molecular formula is C11H22N2. The van der Waals surface area contributed by atoms with Gasteiger partial charge in [-0.25, -0.2) is 0 Å². The van der Waals surface area contributed by atoms with Crippen molar-refractivity contribution in [3.63, 3.8) is 0 Å². The van der Waals surface area contributed by atoms with Gasteiger partial charge in [0.1, 0.15) is 0 Å². The minimum atomic E-state index is 0.753. The molecule has 1 unspecified atom stereocenters. The number of nitrogens with one attached hydrogen (secondary N) is 1. The van der Waals surface area contributed by atoms with Gasteiger partial charge in [-0.15, -0.1) is 0 Å². The summed E-state index contributed by atoms with van der Waals surface area (Å²) in [4.78, 5) is 0. The fourth-order valence-corrected chi connectivity index (χ4v) is 2.48. The van der Waals surface area contributed by atoms with E-state index in [1.807, 2.05) is 0 Å². The molecule has 2 heteroatoms. The van der Waals surface area contributed by atoms with Gasteiger partial charge in [0, 0.05) is 6.04 Å². The first-order valence-corrected chi connectivity index (χ1v) is 5.83. The van der Waals surface area contributed by atoms with Gasteiger partial charge in [0.2, 0.25) is 0 Å². The highest BCUT2D eigenvalue weighted by molar-refractivity contribution is 4.84. The molecule has 0 aromatic heterocycles. The average Bonchev–Trinajstić information content (AvgIpc) is 2.81. The van der Waals surface area contributed by atoms with Crippen LogP contribution in [0.25, 0.3) is 0 Å². The van der Waals surface area contributed by atoms with E-state index < -0.39 is 0 Å². The van der Waals surface area contributed by atoms with Crippen LogP contribution in [0.4, 0.5) is 0 Å². The first kappa shape index (κ1) is 9.47. The fraction of sp³-hybridized carbons (Fsp3) is 1.00. The lowest BCUT2D eigenvalue weighted by Gasteiger charge is -2.22. The normalized spacial score (nSPS) is 26.5. The van der Waals surface area contributed by atoms with Crippen molar-refractivity contribution >= 4 is 0 Å². The SMILES string of the molecule is NCC(CNC1CC1)C1CCCC1. The first-order chi connectivity index (χ1) is 6.40. The zero-order valence-corrected chi connectivity index (χ0v) is 8.47. The molecule has 1 atom stereocenters. The quantitative estimate of drug-likeness (QED) is 0.676. The number of hydrogen-bond donors (Lipinski definition) is 2. The van der Waals surface area contributed by atoms with Gasteiger partial charge in [0.05, 0.1) is 0 Å². The molecule has 76 valence electrons. The molecule has 0 radical (unpaired) electrons. The molecule has 2 fully saturated rings. The summed E-state index contributed by atoms with van der Waals surface area (Å²) >= 11 is 0. The van der Waals surface area contributed by atoms with Crippen LogP contribution in [0, 0.1) is 11.8 Å². The molecule has 0 spiro atoms. The molecule has 0 aromatic rings.